The molecule has 0 saturated carbocycles. The van der Waals surface area contributed by atoms with E-state index >= 15 is 0 Å². The number of aliphatic hydroxyl groups excluding tert-OH is 1. The summed E-state index contributed by atoms with van der Waals surface area (Å²) >= 11 is 2.03. The molecule has 1 saturated heterocycles. The summed E-state index contributed by atoms with van der Waals surface area (Å²) < 4.78 is 0. The molecular weight excluding hydrogens is 244 g/mol. The summed E-state index contributed by atoms with van der Waals surface area (Å²) in [7, 11) is 0. The van der Waals surface area contributed by atoms with E-state index in [9.17, 15) is 5.11 Å². The van der Waals surface area contributed by atoms with Crippen LogP contribution in [0.1, 0.15) is 39.0 Å². The predicted molar refractivity (Wildman–Crippen MR) is 78.2 cm³/mol. The number of rotatable bonds is 3. The maximum atomic E-state index is 9.75. The van der Waals surface area contributed by atoms with Gasteiger partial charge in [-0.05, 0) is 25.5 Å². The second-order valence-corrected chi connectivity index (χ2v) is 6.36. The Hall–Kier alpha value is -0.740. The molecule has 1 aromatic rings. The standard InChI is InChI=1S/C14H22N2OS/c1-4-14(17)13-6-5-12(9-15-13)16-7-8-18-11(3)10(16)2/h5-6,9-11,14,17H,4,7-8H2,1-3H3/t10?,11?,14-/m1/s1. The molecule has 0 aromatic carbocycles. The molecule has 0 amide bonds. The van der Waals surface area contributed by atoms with Gasteiger partial charge < -0.3 is 10.0 Å². The number of thioether (sulfide) groups is 1. The van der Waals surface area contributed by atoms with Gasteiger partial charge in [0, 0.05) is 23.6 Å². The molecule has 0 spiro atoms. The van der Waals surface area contributed by atoms with Gasteiger partial charge in [0.05, 0.1) is 23.7 Å². The second-order valence-electron chi connectivity index (χ2n) is 4.88. The van der Waals surface area contributed by atoms with Crippen LogP contribution in [0.5, 0.6) is 0 Å². The molecule has 2 heterocycles. The summed E-state index contributed by atoms with van der Waals surface area (Å²) in [5.74, 6) is 1.17. The predicted octanol–water partition coefficient (Wildman–Crippen LogP) is 2.86. The van der Waals surface area contributed by atoms with Crippen LogP contribution in [0.2, 0.25) is 0 Å². The molecule has 1 aliphatic heterocycles. The maximum Gasteiger partial charge on any atom is 0.0957 e. The van der Waals surface area contributed by atoms with Gasteiger partial charge in [0.25, 0.3) is 0 Å². The normalized spacial score (nSPS) is 26.1. The third-order valence-electron chi connectivity index (χ3n) is 3.71. The van der Waals surface area contributed by atoms with Gasteiger partial charge in [-0.2, -0.15) is 11.8 Å². The average Bonchev–Trinajstić information content (AvgIpc) is 2.41. The van der Waals surface area contributed by atoms with E-state index in [0.717, 1.165) is 12.2 Å². The summed E-state index contributed by atoms with van der Waals surface area (Å²) in [6, 6.07) is 4.57. The highest BCUT2D eigenvalue weighted by atomic mass is 32.2. The molecule has 0 radical (unpaired) electrons. The van der Waals surface area contributed by atoms with E-state index in [1.54, 1.807) is 0 Å². The molecule has 1 aliphatic rings. The fraction of sp³-hybridized carbons (Fsp3) is 0.643. The summed E-state index contributed by atoms with van der Waals surface area (Å²) in [6.07, 6.45) is 2.17. The lowest BCUT2D eigenvalue weighted by molar-refractivity contribution is 0.169. The van der Waals surface area contributed by atoms with Gasteiger partial charge >= 0.3 is 0 Å². The fourth-order valence-electron chi connectivity index (χ4n) is 2.27. The monoisotopic (exact) mass is 266 g/mol. The Morgan fingerprint density at radius 2 is 2.28 bits per heavy atom. The molecule has 1 aromatic heterocycles. The van der Waals surface area contributed by atoms with E-state index in [1.165, 1.54) is 11.4 Å². The highest BCUT2D eigenvalue weighted by Crippen LogP contribution is 2.29. The van der Waals surface area contributed by atoms with E-state index in [4.69, 9.17) is 0 Å². The van der Waals surface area contributed by atoms with Crippen LogP contribution < -0.4 is 4.90 Å². The number of aliphatic hydroxyl groups is 1. The first-order chi connectivity index (χ1) is 8.63. The minimum atomic E-state index is -0.438. The number of nitrogens with zero attached hydrogens (tertiary/aromatic N) is 2. The van der Waals surface area contributed by atoms with E-state index in [1.807, 2.05) is 30.9 Å². The lowest BCUT2D eigenvalue weighted by Crippen LogP contribution is -2.44. The van der Waals surface area contributed by atoms with Crippen LogP contribution in [0.3, 0.4) is 0 Å². The minimum absolute atomic E-state index is 0.438. The largest absolute Gasteiger partial charge is 0.387 e. The van der Waals surface area contributed by atoms with Crippen LogP contribution in [0.25, 0.3) is 0 Å². The number of anilines is 1. The van der Waals surface area contributed by atoms with Gasteiger partial charge in [-0.1, -0.05) is 13.8 Å². The smallest absolute Gasteiger partial charge is 0.0957 e. The lowest BCUT2D eigenvalue weighted by atomic mass is 10.1. The molecule has 4 heteroatoms. The number of aromatic nitrogens is 1. The summed E-state index contributed by atoms with van der Waals surface area (Å²) in [4.78, 5) is 6.80. The molecule has 1 N–H and O–H groups in total. The van der Waals surface area contributed by atoms with E-state index < -0.39 is 6.10 Å². The molecule has 1 fully saturated rings. The second kappa shape index (κ2) is 5.93. The third-order valence-corrected chi connectivity index (χ3v) is 5.05. The van der Waals surface area contributed by atoms with Crippen molar-refractivity contribution < 1.29 is 5.11 Å². The Balaban J connectivity index is 2.13. The van der Waals surface area contributed by atoms with E-state index in [-0.39, 0.29) is 0 Å². The fourth-order valence-corrected chi connectivity index (χ4v) is 3.37. The highest BCUT2D eigenvalue weighted by molar-refractivity contribution is 8.00. The summed E-state index contributed by atoms with van der Waals surface area (Å²) in [5.41, 5.74) is 1.94. The van der Waals surface area contributed by atoms with Crippen molar-refractivity contribution in [3.05, 3.63) is 24.0 Å². The Morgan fingerprint density at radius 3 is 2.89 bits per heavy atom. The van der Waals surface area contributed by atoms with Crippen LogP contribution in [-0.2, 0) is 0 Å². The third kappa shape index (κ3) is 2.81. The van der Waals surface area contributed by atoms with Crippen molar-refractivity contribution in [2.24, 2.45) is 0 Å². The molecular formula is C14H22N2OS. The highest BCUT2D eigenvalue weighted by Gasteiger charge is 2.25. The first kappa shape index (κ1) is 13.7. The van der Waals surface area contributed by atoms with Gasteiger partial charge in [0.2, 0.25) is 0 Å². The van der Waals surface area contributed by atoms with Crippen molar-refractivity contribution in [2.45, 2.75) is 44.6 Å². The maximum absolute atomic E-state index is 9.75. The van der Waals surface area contributed by atoms with Gasteiger partial charge in [-0.3, -0.25) is 4.98 Å². The average molecular weight is 266 g/mol. The zero-order valence-electron chi connectivity index (χ0n) is 11.3. The molecule has 18 heavy (non-hydrogen) atoms. The van der Waals surface area contributed by atoms with Crippen LogP contribution in [0.4, 0.5) is 5.69 Å². The van der Waals surface area contributed by atoms with Crippen molar-refractivity contribution in [2.75, 3.05) is 17.2 Å². The topological polar surface area (TPSA) is 36.4 Å². The Bertz CT molecular complexity index is 382. The van der Waals surface area contributed by atoms with Crippen molar-refractivity contribution in [1.29, 1.82) is 0 Å². The lowest BCUT2D eigenvalue weighted by Gasteiger charge is -2.39. The number of hydrogen-bond acceptors (Lipinski definition) is 4. The Labute approximate surface area is 114 Å². The molecule has 3 atom stereocenters. The quantitative estimate of drug-likeness (QED) is 0.912. The van der Waals surface area contributed by atoms with Crippen LogP contribution in [-0.4, -0.2) is 33.7 Å². The first-order valence-corrected chi connectivity index (χ1v) is 7.70. The van der Waals surface area contributed by atoms with Crippen molar-refractivity contribution in [3.8, 4) is 0 Å². The van der Waals surface area contributed by atoms with E-state index in [2.05, 4.69) is 29.8 Å². The zero-order valence-corrected chi connectivity index (χ0v) is 12.2. The van der Waals surface area contributed by atoms with Crippen LogP contribution in [0, 0.1) is 0 Å². The van der Waals surface area contributed by atoms with E-state index in [0.29, 0.717) is 17.7 Å². The molecule has 0 aliphatic carbocycles. The number of hydrogen-bond donors (Lipinski definition) is 1. The van der Waals surface area contributed by atoms with Gasteiger partial charge in [-0.15, -0.1) is 0 Å². The Morgan fingerprint density at radius 1 is 1.50 bits per heavy atom. The Kier molecular flexibility index (Phi) is 4.51. The van der Waals surface area contributed by atoms with Crippen molar-refractivity contribution in [1.82, 2.24) is 4.98 Å². The summed E-state index contributed by atoms with van der Waals surface area (Å²) in [5, 5.41) is 10.4. The minimum Gasteiger partial charge on any atom is -0.387 e. The molecule has 2 unspecified atom stereocenters. The first-order valence-electron chi connectivity index (χ1n) is 6.65. The van der Waals surface area contributed by atoms with Gasteiger partial charge in [-0.25, -0.2) is 0 Å². The van der Waals surface area contributed by atoms with Crippen molar-refractivity contribution in [3.63, 3.8) is 0 Å². The molecule has 100 valence electrons. The SMILES string of the molecule is CC[C@@H](O)c1ccc(N2CCSC(C)C2C)cn1. The van der Waals surface area contributed by atoms with Crippen molar-refractivity contribution >= 4 is 17.4 Å². The van der Waals surface area contributed by atoms with Gasteiger partial charge in [0.1, 0.15) is 0 Å². The summed E-state index contributed by atoms with van der Waals surface area (Å²) in [6.45, 7) is 7.59. The molecule has 3 nitrogen and oxygen atoms in total. The van der Waals surface area contributed by atoms with Crippen LogP contribution in [0.15, 0.2) is 18.3 Å². The van der Waals surface area contributed by atoms with Crippen LogP contribution >= 0.6 is 11.8 Å². The molecule has 2 rings (SSSR count). The molecule has 0 bridgehead atoms. The van der Waals surface area contributed by atoms with Gasteiger partial charge in [0.15, 0.2) is 0 Å². The number of pyridine rings is 1. The zero-order chi connectivity index (χ0) is 13.1.